The smallest absolute Gasteiger partial charge is 0.244 e. The Balaban J connectivity index is 2.27. The van der Waals surface area contributed by atoms with Crippen molar-refractivity contribution < 1.29 is 4.79 Å². The third-order valence-electron chi connectivity index (χ3n) is 3.36. The molecule has 1 aliphatic rings. The number of nitrogens with two attached hydrogens (primary N) is 1. The third kappa shape index (κ3) is 2.62. The minimum atomic E-state index is -0.478. The summed E-state index contributed by atoms with van der Waals surface area (Å²) in [5.41, 5.74) is 8.18. The van der Waals surface area contributed by atoms with Crippen LogP contribution in [0, 0.1) is 0 Å². The Bertz CT molecular complexity index is 442. The van der Waals surface area contributed by atoms with Gasteiger partial charge in [0.15, 0.2) is 0 Å². The van der Waals surface area contributed by atoms with Gasteiger partial charge in [0.25, 0.3) is 0 Å². The molecule has 1 aromatic carbocycles. The molecule has 18 heavy (non-hydrogen) atoms. The number of carbonyl (C=O) groups is 1. The van der Waals surface area contributed by atoms with Gasteiger partial charge in [-0.2, -0.15) is 0 Å². The molecule has 3 heteroatoms. The molecule has 1 aromatic rings. The molecule has 1 atom stereocenters. The van der Waals surface area contributed by atoms with Crippen LogP contribution in [0.1, 0.15) is 24.8 Å². The summed E-state index contributed by atoms with van der Waals surface area (Å²) in [7, 11) is 0. The van der Waals surface area contributed by atoms with E-state index in [1.807, 2.05) is 23.1 Å². The lowest BCUT2D eigenvalue weighted by Crippen LogP contribution is -2.44. The van der Waals surface area contributed by atoms with Gasteiger partial charge in [-0.1, -0.05) is 24.3 Å². The summed E-state index contributed by atoms with van der Waals surface area (Å²) < 4.78 is 0. The Morgan fingerprint density at radius 1 is 1.44 bits per heavy atom. The summed E-state index contributed by atoms with van der Waals surface area (Å²) in [5, 5.41) is 0. The second-order valence-corrected chi connectivity index (χ2v) is 4.71. The van der Waals surface area contributed by atoms with Crippen molar-refractivity contribution >= 4 is 11.6 Å². The fraction of sp³-hybridized carbons (Fsp3) is 0.400. The predicted octanol–water partition coefficient (Wildman–Crippen LogP) is 2.26. The average molecular weight is 244 g/mol. The monoisotopic (exact) mass is 244 g/mol. The number of carbonyl (C=O) groups excluding carboxylic acids is 1. The van der Waals surface area contributed by atoms with E-state index in [4.69, 9.17) is 5.73 Å². The fourth-order valence-corrected chi connectivity index (χ4v) is 2.40. The van der Waals surface area contributed by atoms with Crippen LogP contribution in [-0.2, 0) is 11.2 Å². The lowest BCUT2D eigenvalue weighted by atomic mass is 10.1. The van der Waals surface area contributed by atoms with E-state index < -0.39 is 6.04 Å². The van der Waals surface area contributed by atoms with Crippen molar-refractivity contribution in [2.75, 3.05) is 11.4 Å². The standard InChI is InChI=1S/C15H20N2O/c1-2-7-13(16)15(18)17-11-6-5-9-12-8-3-4-10-14(12)17/h2-4,8,10,13H,1,5-7,9,11,16H2. The number of nitrogens with zero attached hydrogens (tertiary/aromatic N) is 1. The van der Waals surface area contributed by atoms with Crippen molar-refractivity contribution in [2.45, 2.75) is 31.7 Å². The van der Waals surface area contributed by atoms with Crippen molar-refractivity contribution in [1.29, 1.82) is 0 Å². The SMILES string of the molecule is C=CCC(N)C(=O)N1CCCCc2ccccc21. The number of hydrogen-bond acceptors (Lipinski definition) is 2. The van der Waals surface area contributed by atoms with Crippen LogP contribution < -0.4 is 10.6 Å². The molecule has 3 nitrogen and oxygen atoms in total. The largest absolute Gasteiger partial charge is 0.320 e. The van der Waals surface area contributed by atoms with Crippen LogP contribution in [0.4, 0.5) is 5.69 Å². The number of hydrogen-bond donors (Lipinski definition) is 1. The molecule has 0 bridgehead atoms. The van der Waals surface area contributed by atoms with Crippen molar-refractivity contribution in [3.8, 4) is 0 Å². The number of aryl methyl sites for hydroxylation is 1. The third-order valence-corrected chi connectivity index (χ3v) is 3.36. The second kappa shape index (κ2) is 5.83. The molecule has 1 heterocycles. The number of rotatable bonds is 3. The lowest BCUT2D eigenvalue weighted by Gasteiger charge is -2.25. The van der Waals surface area contributed by atoms with E-state index in [0.717, 1.165) is 31.5 Å². The number of benzene rings is 1. The highest BCUT2D eigenvalue weighted by atomic mass is 16.2. The molecule has 0 fully saturated rings. The Hall–Kier alpha value is -1.61. The van der Waals surface area contributed by atoms with Gasteiger partial charge >= 0.3 is 0 Å². The molecular weight excluding hydrogens is 224 g/mol. The molecule has 0 radical (unpaired) electrons. The summed E-state index contributed by atoms with van der Waals surface area (Å²) in [6, 6.07) is 7.63. The summed E-state index contributed by atoms with van der Waals surface area (Å²) in [5.74, 6) is 0.00394. The highest BCUT2D eigenvalue weighted by molar-refractivity contribution is 5.97. The van der Waals surface area contributed by atoms with E-state index in [0.29, 0.717) is 6.42 Å². The minimum Gasteiger partial charge on any atom is -0.320 e. The van der Waals surface area contributed by atoms with Crippen molar-refractivity contribution in [3.05, 3.63) is 42.5 Å². The maximum Gasteiger partial charge on any atom is 0.244 e. The molecule has 1 amide bonds. The van der Waals surface area contributed by atoms with Gasteiger partial charge in [0.05, 0.1) is 6.04 Å². The Labute approximate surface area is 108 Å². The van der Waals surface area contributed by atoms with E-state index in [1.165, 1.54) is 5.56 Å². The zero-order valence-electron chi connectivity index (χ0n) is 10.6. The second-order valence-electron chi connectivity index (χ2n) is 4.71. The molecule has 96 valence electrons. The van der Waals surface area contributed by atoms with E-state index in [1.54, 1.807) is 6.08 Å². The van der Waals surface area contributed by atoms with Gasteiger partial charge < -0.3 is 10.6 Å². The molecule has 0 spiro atoms. The average Bonchev–Trinajstić information content (AvgIpc) is 2.60. The van der Waals surface area contributed by atoms with Gasteiger partial charge in [0.2, 0.25) is 5.91 Å². The maximum atomic E-state index is 12.4. The van der Waals surface area contributed by atoms with Crippen LogP contribution in [0.2, 0.25) is 0 Å². The van der Waals surface area contributed by atoms with Crippen LogP contribution in [0.15, 0.2) is 36.9 Å². The fourth-order valence-electron chi connectivity index (χ4n) is 2.40. The van der Waals surface area contributed by atoms with Gasteiger partial charge in [-0.15, -0.1) is 6.58 Å². The normalized spacial score (nSPS) is 16.6. The van der Waals surface area contributed by atoms with Gasteiger partial charge in [-0.3, -0.25) is 4.79 Å². The quantitative estimate of drug-likeness (QED) is 0.829. The number of amides is 1. The van der Waals surface area contributed by atoms with Crippen molar-refractivity contribution in [2.24, 2.45) is 5.73 Å². The number of fused-ring (bicyclic) bond motifs is 1. The molecule has 0 saturated heterocycles. The van der Waals surface area contributed by atoms with Crippen molar-refractivity contribution in [3.63, 3.8) is 0 Å². The maximum absolute atomic E-state index is 12.4. The first-order chi connectivity index (χ1) is 8.74. The summed E-state index contributed by atoms with van der Waals surface area (Å²) >= 11 is 0. The lowest BCUT2D eigenvalue weighted by molar-refractivity contribution is -0.119. The molecule has 0 saturated carbocycles. The van der Waals surface area contributed by atoms with Gasteiger partial charge in [0, 0.05) is 12.2 Å². The molecular formula is C15H20N2O. The molecule has 1 unspecified atom stereocenters. The summed E-state index contributed by atoms with van der Waals surface area (Å²) in [6.07, 6.45) is 5.42. The van der Waals surface area contributed by atoms with Crippen LogP contribution in [-0.4, -0.2) is 18.5 Å². The van der Waals surface area contributed by atoms with Crippen LogP contribution in [0.5, 0.6) is 0 Å². The first-order valence-electron chi connectivity index (χ1n) is 6.50. The van der Waals surface area contributed by atoms with Gasteiger partial charge in [0.1, 0.15) is 0 Å². The zero-order valence-corrected chi connectivity index (χ0v) is 10.6. The first-order valence-corrected chi connectivity index (χ1v) is 6.50. The molecule has 1 aliphatic heterocycles. The molecule has 2 rings (SSSR count). The highest BCUT2D eigenvalue weighted by Gasteiger charge is 2.24. The highest BCUT2D eigenvalue weighted by Crippen LogP contribution is 2.26. The number of para-hydroxylation sites is 1. The first kappa shape index (κ1) is 12.8. The summed E-state index contributed by atoms with van der Waals surface area (Å²) in [4.78, 5) is 14.2. The van der Waals surface area contributed by atoms with E-state index in [2.05, 4.69) is 12.6 Å². The van der Waals surface area contributed by atoms with E-state index in [9.17, 15) is 4.79 Å². The van der Waals surface area contributed by atoms with Crippen LogP contribution in [0.3, 0.4) is 0 Å². The van der Waals surface area contributed by atoms with Crippen LogP contribution >= 0.6 is 0 Å². The van der Waals surface area contributed by atoms with Gasteiger partial charge in [-0.25, -0.2) is 0 Å². The molecule has 0 aromatic heterocycles. The van der Waals surface area contributed by atoms with E-state index >= 15 is 0 Å². The predicted molar refractivity (Wildman–Crippen MR) is 74.5 cm³/mol. The zero-order chi connectivity index (χ0) is 13.0. The number of anilines is 1. The van der Waals surface area contributed by atoms with Crippen molar-refractivity contribution in [1.82, 2.24) is 0 Å². The van der Waals surface area contributed by atoms with Crippen LogP contribution in [0.25, 0.3) is 0 Å². The summed E-state index contributed by atoms with van der Waals surface area (Å²) in [6.45, 7) is 4.40. The van der Waals surface area contributed by atoms with E-state index in [-0.39, 0.29) is 5.91 Å². The Morgan fingerprint density at radius 2 is 2.22 bits per heavy atom. The Morgan fingerprint density at radius 3 is 3.00 bits per heavy atom. The van der Waals surface area contributed by atoms with Gasteiger partial charge in [-0.05, 0) is 37.3 Å². The molecule has 0 aliphatic carbocycles. The topological polar surface area (TPSA) is 46.3 Å². The Kier molecular flexibility index (Phi) is 4.15. The minimum absolute atomic E-state index is 0.00394. The molecule has 2 N–H and O–H groups in total.